The molecule has 1 unspecified atom stereocenters. The Morgan fingerprint density at radius 3 is 2.43 bits per heavy atom. The fraction of sp³-hybridized carbons (Fsp3) is 0.167. The smallest absolute Gasteiger partial charge is 0.321 e. The summed E-state index contributed by atoms with van der Waals surface area (Å²) in [7, 11) is 0. The maximum atomic E-state index is 13.0. The predicted molar refractivity (Wildman–Crippen MR) is 88.0 cm³/mol. The highest BCUT2D eigenvalue weighted by molar-refractivity contribution is 8.00. The van der Waals surface area contributed by atoms with Gasteiger partial charge in [0.25, 0.3) is 0 Å². The molecule has 3 nitrogen and oxygen atoms in total. The first-order valence-corrected chi connectivity index (χ1v) is 7.75. The Morgan fingerprint density at radius 2 is 1.87 bits per heavy atom. The van der Waals surface area contributed by atoms with E-state index in [-0.39, 0.29) is 5.82 Å². The fourth-order valence-corrected chi connectivity index (χ4v) is 2.80. The van der Waals surface area contributed by atoms with Gasteiger partial charge in [0.15, 0.2) is 0 Å². The summed E-state index contributed by atoms with van der Waals surface area (Å²) in [5.41, 5.74) is 0.544. The molecule has 2 aromatic carbocycles. The Kier molecular flexibility index (Phi) is 6.07. The number of thioether (sulfide) groups is 1. The van der Waals surface area contributed by atoms with Crippen molar-refractivity contribution in [2.24, 2.45) is 0 Å². The Labute approximate surface area is 138 Å². The lowest BCUT2D eigenvalue weighted by atomic mass is 10.1. The van der Waals surface area contributed by atoms with E-state index >= 15 is 0 Å². The number of carbonyl (C=O) groups is 1. The van der Waals surface area contributed by atoms with E-state index in [1.807, 2.05) is 0 Å². The molecule has 2 rings (SSSR count). The molecule has 0 aromatic heterocycles. The molecule has 0 aliphatic carbocycles. The molecule has 0 bridgehead atoms. The lowest BCUT2D eigenvalue weighted by Crippen LogP contribution is -2.07. The van der Waals surface area contributed by atoms with Crippen molar-refractivity contribution < 1.29 is 19.0 Å². The van der Waals surface area contributed by atoms with Crippen molar-refractivity contribution in [1.82, 2.24) is 0 Å². The number of carboxylic acids is 1. The Bertz CT molecular complexity index is 715. The molecule has 0 radical (unpaired) electrons. The van der Waals surface area contributed by atoms with E-state index in [0.29, 0.717) is 17.9 Å². The third-order valence-electron chi connectivity index (χ3n) is 2.96. The highest BCUT2D eigenvalue weighted by Gasteiger charge is 2.21. The van der Waals surface area contributed by atoms with E-state index in [9.17, 15) is 14.3 Å². The van der Waals surface area contributed by atoms with Crippen LogP contribution in [0.4, 0.5) is 4.39 Å². The zero-order chi connectivity index (χ0) is 16.7. The minimum absolute atomic E-state index is 0.316. The zero-order valence-electron chi connectivity index (χ0n) is 12.5. The van der Waals surface area contributed by atoms with Gasteiger partial charge in [-0.2, -0.15) is 0 Å². The maximum absolute atomic E-state index is 13.0. The van der Waals surface area contributed by atoms with E-state index in [0.717, 1.165) is 4.90 Å². The van der Waals surface area contributed by atoms with Crippen molar-refractivity contribution in [2.75, 3.05) is 6.61 Å². The minimum Gasteiger partial charge on any atom is -0.481 e. The molecular formula is C18H15FO3S. The molecule has 1 atom stereocenters. The minimum atomic E-state index is -0.972. The highest BCUT2D eigenvalue weighted by atomic mass is 32.2. The van der Waals surface area contributed by atoms with Crippen molar-refractivity contribution in [3.05, 3.63) is 59.9 Å². The van der Waals surface area contributed by atoms with Crippen LogP contribution in [0.3, 0.4) is 0 Å². The maximum Gasteiger partial charge on any atom is 0.321 e. The summed E-state index contributed by atoms with van der Waals surface area (Å²) in [5.74, 6) is 4.85. The van der Waals surface area contributed by atoms with E-state index in [4.69, 9.17) is 4.74 Å². The first kappa shape index (κ1) is 16.9. The predicted octanol–water partition coefficient (Wildman–Crippen LogP) is 4.15. The fourth-order valence-electron chi connectivity index (χ4n) is 1.84. The van der Waals surface area contributed by atoms with Crippen LogP contribution in [-0.2, 0) is 4.79 Å². The number of benzene rings is 2. The summed E-state index contributed by atoms with van der Waals surface area (Å²) in [5, 5.41) is 8.60. The summed E-state index contributed by atoms with van der Waals surface area (Å²) in [4.78, 5) is 12.3. The molecule has 0 aliphatic rings. The molecular weight excluding hydrogens is 315 g/mol. The molecule has 1 N–H and O–H groups in total. The monoisotopic (exact) mass is 330 g/mol. The Hall–Kier alpha value is -2.45. The normalized spacial score (nSPS) is 11.2. The molecule has 2 aromatic rings. The largest absolute Gasteiger partial charge is 0.481 e. The van der Waals surface area contributed by atoms with Gasteiger partial charge in [-0.1, -0.05) is 18.1 Å². The number of carboxylic acid groups (broad SMARTS) is 1. The van der Waals surface area contributed by atoms with Crippen LogP contribution in [0.1, 0.15) is 17.7 Å². The van der Waals surface area contributed by atoms with Gasteiger partial charge in [0.05, 0.1) is 0 Å². The number of rotatable bonds is 6. The molecule has 0 spiro atoms. The van der Waals surface area contributed by atoms with Crippen LogP contribution in [0.25, 0.3) is 0 Å². The molecule has 0 heterocycles. The average Bonchev–Trinajstić information content (AvgIpc) is 2.55. The number of aliphatic carboxylic acids is 1. The van der Waals surface area contributed by atoms with Crippen LogP contribution >= 0.6 is 11.8 Å². The SMILES string of the molecule is CC#CCOc1ccc(SC(C(=O)O)c2ccc(F)cc2)cc1. The molecule has 0 saturated heterocycles. The van der Waals surface area contributed by atoms with Crippen LogP contribution in [-0.4, -0.2) is 17.7 Å². The third kappa shape index (κ3) is 5.04. The molecule has 0 saturated carbocycles. The second kappa shape index (κ2) is 8.25. The number of halogens is 1. The van der Waals surface area contributed by atoms with Crippen molar-refractivity contribution in [3.8, 4) is 17.6 Å². The zero-order valence-corrected chi connectivity index (χ0v) is 13.3. The molecule has 118 valence electrons. The first-order valence-electron chi connectivity index (χ1n) is 6.87. The van der Waals surface area contributed by atoms with Gasteiger partial charge in [-0.15, -0.1) is 17.7 Å². The van der Waals surface area contributed by atoms with E-state index in [2.05, 4.69) is 11.8 Å². The van der Waals surface area contributed by atoms with Gasteiger partial charge in [-0.3, -0.25) is 4.79 Å². The Balaban J connectivity index is 2.09. The van der Waals surface area contributed by atoms with E-state index < -0.39 is 11.2 Å². The number of hydrogen-bond donors (Lipinski definition) is 1. The summed E-state index contributed by atoms with van der Waals surface area (Å²) < 4.78 is 18.4. The van der Waals surface area contributed by atoms with E-state index in [1.54, 1.807) is 31.2 Å². The van der Waals surface area contributed by atoms with Gasteiger partial charge < -0.3 is 9.84 Å². The summed E-state index contributed by atoms with van der Waals surface area (Å²) in [6.07, 6.45) is 0. The summed E-state index contributed by atoms with van der Waals surface area (Å²) in [6.45, 7) is 2.06. The van der Waals surface area contributed by atoms with Gasteiger partial charge in [-0.05, 0) is 48.9 Å². The first-order chi connectivity index (χ1) is 11.1. The van der Waals surface area contributed by atoms with E-state index in [1.165, 1.54) is 36.0 Å². The van der Waals surface area contributed by atoms with Gasteiger partial charge in [0.2, 0.25) is 0 Å². The lowest BCUT2D eigenvalue weighted by molar-refractivity contribution is -0.136. The van der Waals surface area contributed by atoms with Gasteiger partial charge in [0.1, 0.15) is 23.4 Å². The quantitative estimate of drug-likeness (QED) is 0.638. The molecule has 0 amide bonds. The number of hydrogen-bond acceptors (Lipinski definition) is 3. The lowest BCUT2D eigenvalue weighted by Gasteiger charge is -2.13. The molecule has 0 aliphatic heterocycles. The van der Waals surface area contributed by atoms with Crippen LogP contribution in [0, 0.1) is 17.7 Å². The van der Waals surface area contributed by atoms with Crippen molar-refractivity contribution in [3.63, 3.8) is 0 Å². The van der Waals surface area contributed by atoms with Crippen LogP contribution in [0.2, 0.25) is 0 Å². The van der Waals surface area contributed by atoms with Crippen LogP contribution in [0.5, 0.6) is 5.75 Å². The standard InChI is InChI=1S/C18H15FO3S/c1-2-3-12-22-15-8-10-16(11-9-15)23-17(18(20)21)13-4-6-14(19)7-5-13/h4-11,17H,12H2,1H3,(H,20,21). The van der Waals surface area contributed by atoms with Crippen molar-refractivity contribution >= 4 is 17.7 Å². The Morgan fingerprint density at radius 1 is 1.22 bits per heavy atom. The molecule has 0 fully saturated rings. The van der Waals surface area contributed by atoms with Crippen LogP contribution < -0.4 is 4.74 Å². The van der Waals surface area contributed by atoms with Gasteiger partial charge in [-0.25, -0.2) is 4.39 Å². The molecule has 5 heteroatoms. The third-order valence-corrected chi connectivity index (χ3v) is 4.22. The second-order valence-electron chi connectivity index (χ2n) is 4.57. The van der Waals surface area contributed by atoms with Crippen LogP contribution in [0.15, 0.2) is 53.4 Å². The van der Waals surface area contributed by atoms with Crippen molar-refractivity contribution in [1.29, 1.82) is 0 Å². The number of ether oxygens (including phenoxy) is 1. The molecule has 23 heavy (non-hydrogen) atoms. The highest BCUT2D eigenvalue weighted by Crippen LogP contribution is 2.36. The topological polar surface area (TPSA) is 46.5 Å². The van der Waals surface area contributed by atoms with Crippen molar-refractivity contribution in [2.45, 2.75) is 17.1 Å². The summed E-state index contributed by atoms with van der Waals surface area (Å²) in [6, 6.07) is 12.6. The van der Waals surface area contributed by atoms with Gasteiger partial charge in [0, 0.05) is 4.90 Å². The average molecular weight is 330 g/mol. The van der Waals surface area contributed by atoms with Gasteiger partial charge >= 0.3 is 5.97 Å². The second-order valence-corrected chi connectivity index (χ2v) is 5.75. The summed E-state index contributed by atoms with van der Waals surface area (Å²) >= 11 is 1.19.